The highest BCUT2D eigenvalue weighted by Gasteiger charge is 2.17. The Hall–Kier alpha value is -1.53. The summed E-state index contributed by atoms with van der Waals surface area (Å²) in [6, 6.07) is 5.30. The van der Waals surface area contributed by atoms with Gasteiger partial charge in [0.1, 0.15) is 0 Å². The molecule has 2 N–H and O–H groups in total. The zero-order valence-corrected chi connectivity index (χ0v) is 17.6. The minimum absolute atomic E-state index is 0. The Morgan fingerprint density at radius 3 is 2.78 bits per heavy atom. The Morgan fingerprint density at radius 2 is 2.11 bits per heavy atom. The number of nitrogens with zero attached hydrogens (tertiary/aromatic N) is 2. The SMILES string of the molecule is Cc1nn(-c2ccc(Cl)cc2Cl)c(C)c1CC(=O)NCC1=CCNCC1.Cl. The molecule has 0 radical (unpaired) electrons. The number of aryl methyl sites for hydroxylation is 1. The molecule has 0 aliphatic carbocycles. The van der Waals surface area contributed by atoms with Crippen LogP contribution in [-0.4, -0.2) is 35.3 Å². The third-order valence-electron chi connectivity index (χ3n) is 4.59. The number of rotatable bonds is 5. The highest BCUT2D eigenvalue weighted by atomic mass is 35.5. The summed E-state index contributed by atoms with van der Waals surface area (Å²) >= 11 is 12.3. The topological polar surface area (TPSA) is 59.0 Å². The number of nitrogens with one attached hydrogen (secondary N) is 2. The molecule has 0 atom stereocenters. The second kappa shape index (κ2) is 9.60. The van der Waals surface area contributed by atoms with Crippen LogP contribution in [-0.2, 0) is 11.2 Å². The summed E-state index contributed by atoms with van der Waals surface area (Å²) in [4.78, 5) is 12.4. The van der Waals surface area contributed by atoms with Gasteiger partial charge in [0.05, 0.1) is 22.8 Å². The first-order valence-electron chi connectivity index (χ1n) is 8.61. The van der Waals surface area contributed by atoms with E-state index in [1.807, 2.05) is 19.9 Å². The van der Waals surface area contributed by atoms with E-state index >= 15 is 0 Å². The van der Waals surface area contributed by atoms with Gasteiger partial charge in [-0.1, -0.05) is 34.9 Å². The number of carbonyl (C=O) groups is 1. The molecule has 0 saturated heterocycles. The third-order valence-corrected chi connectivity index (χ3v) is 5.12. The van der Waals surface area contributed by atoms with Crippen molar-refractivity contribution in [3.8, 4) is 5.69 Å². The molecule has 8 heteroatoms. The van der Waals surface area contributed by atoms with E-state index in [4.69, 9.17) is 23.2 Å². The summed E-state index contributed by atoms with van der Waals surface area (Å²) < 4.78 is 1.77. The summed E-state index contributed by atoms with van der Waals surface area (Å²) in [6.07, 6.45) is 3.42. The van der Waals surface area contributed by atoms with E-state index in [2.05, 4.69) is 21.8 Å². The lowest BCUT2D eigenvalue weighted by Crippen LogP contribution is -2.30. The number of amides is 1. The molecule has 0 saturated carbocycles. The first-order chi connectivity index (χ1) is 12.5. The highest BCUT2D eigenvalue weighted by Crippen LogP contribution is 2.27. The van der Waals surface area contributed by atoms with E-state index in [0.29, 0.717) is 23.0 Å². The van der Waals surface area contributed by atoms with Crippen molar-refractivity contribution in [2.24, 2.45) is 0 Å². The van der Waals surface area contributed by atoms with Gasteiger partial charge in [-0.3, -0.25) is 4.79 Å². The molecule has 1 aromatic heterocycles. The van der Waals surface area contributed by atoms with Crippen molar-refractivity contribution in [1.29, 1.82) is 0 Å². The van der Waals surface area contributed by atoms with Gasteiger partial charge in [-0.25, -0.2) is 4.68 Å². The van der Waals surface area contributed by atoms with Crippen molar-refractivity contribution in [2.75, 3.05) is 19.6 Å². The van der Waals surface area contributed by atoms with Crippen molar-refractivity contribution >= 4 is 41.5 Å². The molecule has 27 heavy (non-hydrogen) atoms. The highest BCUT2D eigenvalue weighted by molar-refractivity contribution is 6.35. The standard InChI is InChI=1S/C19H22Cl2N4O.ClH/c1-12-16(10-19(26)23-11-14-5-7-22-8-6-14)13(2)25(24-12)18-4-3-15(20)9-17(18)21;/h3-5,9,22H,6-8,10-11H2,1-2H3,(H,23,26);1H. The molecule has 1 amide bonds. The van der Waals surface area contributed by atoms with E-state index < -0.39 is 0 Å². The predicted molar refractivity (Wildman–Crippen MR) is 113 cm³/mol. The van der Waals surface area contributed by atoms with Crippen LogP contribution >= 0.6 is 35.6 Å². The minimum atomic E-state index is -0.00242. The molecule has 5 nitrogen and oxygen atoms in total. The van der Waals surface area contributed by atoms with Crippen molar-refractivity contribution in [3.05, 3.63) is 56.8 Å². The predicted octanol–water partition coefficient (Wildman–Crippen LogP) is 3.80. The van der Waals surface area contributed by atoms with Crippen LogP contribution in [0.4, 0.5) is 0 Å². The molecule has 0 bridgehead atoms. The van der Waals surface area contributed by atoms with Gasteiger partial charge in [0, 0.05) is 29.4 Å². The second-order valence-corrected chi connectivity index (χ2v) is 7.27. The van der Waals surface area contributed by atoms with Gasteiger partial charge in [0.15, 0.2) is 0 Å². The molecular weight excluding hydrogens is 407 g/mol. The fourth-order valence-electron chi connectivity index (χ4n) is 3.08. The van der Waals surface area contributed by atoms with Crippen LogP contribution in [0, 0.1) is 13.8 Å². The van der Waals surface area contributed by atoms with Gasteiger partial charge < -0.3 is 10.6 Å². The second-order valence-electron chi connectivity index (χ2n) is 6.43. The Bertz CT molecular complexity index is 861. The van der Waals surface area contributed by atoms with Crippen molar-refractivity contribution in [1.82, 2.24) is 20.4 Å². The summed E-state index contributed by atoms with van der Waals surface area (Å²) in [5.41, 5.74) is 4.68. The van der Waals surface area contributed by atoms with Gasteiger partial charge in [-0.2, -0.15) is 5.10 Å². The first-order valence-corrected chi connectivity index (χ1v) is 9.37. The van der Waals surface area contributed by atoms with Crippen molar-refractivity contribution in [3.63, 3.8) is 0 Å². The lowest BCUT2D eigenvalue weighted by atomic mass is 10.1. The van der Waals surface area contributed by atoms with Crippen molar-refractivity contribution in [2.45, 2.75) is 26.7 Å². The van der Waals surface area contributed by atoms with Crippen LogP contribution in [0.2, 0.25) is 10.0 Å². The lowest BCUT2D eigenvalue weighted by molar-refractivity contribution is -0.120. The molecular formula is C19H23Cl3N4O. The monoisotopic (exact) mass is 428 g/mol. The average molecular weight is 430 g/mol. The fraction of sp³-hybridized carbons (Fsp3) is 0.368. The Labute approximate surface area is 175 Å². The molecule has 0 spiro atoms. The molecule has 0 unspecified atom stereocenters. The molecule has 1 aliphatic heterocycles. The lowest BCUT2D eigenvalue weighted by Gasteiger charge is -2.14. The summed E-state index contributed by atoms with van der Waals surface area (Å²) in [5, 5.41) is 11.9. The Morgan fingerprint density at radius 1 is 1.33 bits per heavy atom. The van der Waals surface area contributed by atoms with Crippen LogP contribution < -0.4 is 10.6 Å². The molecule has 2 heterocycles. The summed E-state index contributed by atoms with van der Waals surface area (Å²) in [6.45, 7) is 6.30. The summed E-state index contributed by atoms with van der Waals surface area (Å²) in [7, 11) is 0. The minimum Gasteiger partial charge on any atom is -0.352 e. The maximum Gasteiger partial charge on any atom is 0.224 e. The quantitative estimate of drug-likeness (QED) is 0.711. The molecule has 146 valence electrons. The van der Waals surface area contributed by atoms with Crippen LogP contribution in [0.3, 0.4) is 0 Å². The van der Waals surface area contributed by atoms with Crippen LogP contribution in [0.15, 0.2) is 29.8 Å². The van der Waals surface area contributed by atoms with E-state index in [1.165, 1.54) is 5.57 Å². The summed E-state index contributed by atoms with van der Waals surface area (Å²) in [5.74, 6) is -0.00242. The van der Waals surface area contributed by atoms with Crippen molar-refractivity contribution < 1.29 is 4.79 Å². The fourth-order valence-corrected chi connectivity index (χ4v) is 3.57. The van der Waals surface area contributed by atoms with E-state index in [-0.39, 0.29) is 18.3 Å². The largest absolute Gasteiger partial charge is 0.352 e. The van der Waals surface area contributed by atoms with E-state index in [0.717, 1.165) is 42.1 Å². The van der Waals surface area contributed by atoms with E-state index in [9.17, 15) is 4.79 Å². The molecule has 1 aliphatic rings. The average Bonchev–Trinajstić information content (AvgIpc) is 2.89. The number of hydrogen-bond donors (Lipinski definition) is 2. The Balaban J connectivity index is 0.00000261. The zero-order valence-electron chi connectivity index (χ0n) is 15.3. The van der Waals surface area contributed by atoms with Gasteiger partial charge in [-0.05, 0) is 45.0 Å². The number of aromatic nitrogens is 2. The smallest absolute Gasteiger partial charge is 0.224 e. The van der Waals surface area contributed by atoms with Crippen LogP contribution in [0.5, 0.6) is 0 Å². The van der Waals surface area contributed by atoms with Gasteiger partial charge in [-0.15, -0.1) is 12.4 Å². The molecule has 1 aromatic carbocycles. The maximum atomic E-state index is 12.4. The van der Waals surface area contributed by atoms with Crippen LogP contribution in [0.1, 0.15) is 23.4 Å². The zero-order chi connectivity index (χ0) is 18.7. The molecule has 3 rings (SSSR count). The van der Waals surface area contributed by atoms with Gasteiger partial charge in [0.25, 0.3) is 0 Å². The normalized spacial score (nSPS) is 13.7. The molecule has 2 aromatic rings. The number of benzene rings is 1. The third kappa shape index (κ3) is 5.26. The molecule has 0 fully saturated rings. The van der Waals surface area contributed by atoms with E-state index in [1.54, 1.807) is 16.8 Å². The maximum absolute atomic E-state index is 12.4. The van der Waals surface area contributed by atoms with Crippen LogP contribution in [0.25, 0.3) is 5.69 Å². The number of halogens is 3. The first kappa shape index (κ1) is 21.8. The van der Waals surface area contributed by atoms with Gasteiger partial charge >= 0.3 is 0 Å². The van der Waals surface area contributed by atoms with Gasteiger partial charge in [0.2, 0.25) is 5.91 Å². The number of hydrogen-bond acceptors (Lipinski definition) is 3. The Kier molecular flexibility index (Phi) is 7.74. The number of carbonyl (C=O) groups excluding carboxylic acids is 1.